The molecule has 160 valence electrons. The maximum Gasteiger partial charge on any atom is 0.573 e. The lowest BCUT2D eigenvalue weighted by Crippen LogP contribution is -2.20. The minimum Gasteiger partial charge on any atom is -0.465 e. The number of carbonyl (C=O) groups excluding carboxylic acids is 2. The molecular formula is C22H15F4NO4. The van der Waals surface area contributed by atoms with E-state index in [1.165, 1.54) is 12.3 Å². The molecule has 1 aromatic heterocycles. The quantitative estimate of drug-likeness (QED) is 0.311. The largest absolute Gasteiger partial charge is 0.573 e. The molecule has 31 heavy (non-hydrogen) atoms. The van der Waals surface area contributed by atoms with Crippen LogP contribution in [0.5, 0.6) is 5.75 Å². The van der Waals surface area contributed by atoms with Gasteiger partial charge in [0.05, 0.1) is 12.8 Å². The Labute approximate surface area is 174 Å². The lowest BCUT2D eigenvalue weighted by atomic mass is 10.0. The van der Waals surface area contributed by atoms with Gasteiger partial charge in [-0.3, -0.25) is 9.78 Å². The van der Waals surface area contributed by atoms with Crippen molar-refractivity contribution in [1.29, 1.82) is 0 Å². The molecule has 0 fully saturated rings. The molecule has 0 saturated carbocycles. The van der Waals surface area contributed by atoms with E-state index in [4.69, 9.17) is 0 Å². The van der Waals surface area contributed by atoms with Gasteiger partial charge in [-0.25, -0.2) is 9.18 Å². The molecule has 0 aliphatic rings. The zero-order chi connectivity index (χ0) is 22.6. The molecule has 2 aromatic carbocycles. The van der Waals surface area contributed by atoms with Gasteiger partial charge in [-0.15, -0.1) is 13.2 Å². The number of aromatic nitrogens is 1. The van der Waals surface area contributed by atoms with Crippen LogP contribution >= 0.6 is 0 Å². The van der Waals surface area contributed by atoms with E-state index in [1.54, 1.807) is 30.3 Å². The second-order valence-corrected chi connectivity index (χ2v) is 6.38. The van der Waals surface area contributed by atoms with Gasteiger partial charge in [0.1, 0.15) is 17.1 Å². The number of carbonyl (C=O) groups is 2. The van der Waals surface area contributed by atoms with Crippen LogP contribution in [0.15, 0.2) is 60.8 Å². The normalized spacial score (nSPS) is 11.1. The number of ether oxygens (including phenoxy) is 2. The van der Waals surface area contributed by atoms with E-state index in [2.05, 4.69) is 14.5 Å². The lowest BCUT2D eigenvalue weighted by Gasteiger charge is -2.13. The Morgan fingerprint density at radius 1 is 1.03 bits per heavy atom. The average Bonchev–Trinajstić information content (AvgIpc) is 2.73. The second-order valence-electron chi connectivity index (χ2n) is 6.38. The number of Topliss-reactive ketones (excluding diaryl/α,β-unsaturated/α-hetero) is 1. The second kappa shape index (κ2) is 8.95. The molecule has 3 rings (SSSR count). The van der Waals surface area contributed by atoms with Gasteiger partial charge in [0.2, 0.25) is 0 Å². The standard InChI is InChI=1S/C22H15F4NO4/c1-30-21(29)16-11-14(7-9-20(16)31-22(24,25)26)19(28)10-13-6-8-18(27-12-13)15-4-2-3-5-17(15)23/h2-9,11-12H,10H2,1H3. The van der Waals surface area contributed by atoms with Crippen molar-refractivity contribution in [2.75, 3.05) is 7.11 Å². The monoisotopic (exact) mass is 433 g/mol. The van der Waals surface area contributed by atoms with Crippen LogP contribution in [0, 0.1) is 5.82 Å². The summed E-state index contributed by atoms with van der Waals surface area (Å²) in [5.41, 5.74) is 0.659. The molecule has 5 nitrogen and oxygen atoms in total. The van der Waals surface area contributed by atoms with E-state index in [1.807, 2.05) is 0 Å². The number of rotatable bonds is 6. The van der Waals surface area contributed by atoms with Crippen molar-refractivity contribution in [2.45, 2.75) is 12.8 Å². The summed E-state index contributed by atoms with van der Waals surface area (Å²) < 4.78 is 59.8. The summed E-state index contributed by atoms with van der Waals surface area (Å²) in [6, 6.07) is 12.2. The van der Waals surface area contributed by atoms with E-state index in [0.29, 0.717) is 16.8 Å². The number of nitrogens with zero attached hydrogens (tertiary/aromatic N) is 1. The molecule has 9 heteroatoms. The summed E-state index contributed by atoms with van der Waals surface area (Å²) in [7, 11) is 0.997. The highest BCUT2D eigenvalue weighted by atomic mass is 19.4. The van der Waals surface area contributed by atoms with Crippen molar-refractivity contribution in [3.63, 3.8) is 0 Å². The SMILES string of the molecule is COC(=O)c1cc(C(=O)Cc2ccc(-c3ccccc3F)nc2)ccc1OC(F)(F)F. The third kappa shape index (κ3) is 5.44. The Kier molecular flexibility index (Phi) is 6.33. The molecular weight excluding hydrogens is 418 g/mol. The maximum atomic E-state index is 13.9. The Bertz CT molecular complexity index is 1110. The van der Waals surface area contributed by atoms with Crippen LogP contribution in [0.1, 0.15) is 26.3 Å². The number of ketones is 1. The summed E-state index contributed by atoms with van der Waals surface area (Å²) in [5, 5.41) is 0. The summed E-state index contributed by atoms with van der Waals surface area (Å²) in [6.07, 6.45) is -3.74. The van der Waals surface area contributed by atoms with E-state index in [-0.39, 0.29) is 12.0 Å². The number of alkyl halides is 3. The van der Waals surface area contributed by atoms with Crippen molar-refractivity contribution < 1.29 is 36.6 Å². The average molecular weight is 433 g/mol. The molecule has 0 unspecified atom stereocenters. The highest BCUT2D eigenvalue weighted by Crippen LogP contribution is 2.28. The first-order chi connectivity index (χ1) is 14.7. The fourth-order valence-electron chi connectivity index (χ4n) is 2.83. The first-order valence-corrected chi connectivity index (χ1v) is 8.89. The molecule has 1 heterocycles. The zero-order valence-corrected chi connectivity index (χ0v) is 16.1. The molecule has 3 aromatic rings. The van der Waals surface area contributed by atoms with Crippen LogP contribution in [-0.2, 0) is 11.2 Å². The molecule has 0 aliphatic carbocycles. The Morgan fingerprint density at radius 3 is 2.39 bits per heavy atom. The number of hydrogen-bond acceptors (Lipinski definition) is 5. The number of benzene rings is 2. The van der Waals surface area contributed by atoms with Gasteiger partial charge >= 0.3 is 12.3 Å². The van der Waals surface area contributed by atoms with Crippen LogP contribution in [0.3, 0.4) is 0 Å². The summed E-state index contributed by atoms with van der Waals surface area (Å²) >= 11 is 0. The highest BCUT2D eigenvalue weighted by molar-refractivity contribution is 6.01. The van der Waals surface area contributed by atoms with Gasteiger partial charge in [-0.1, -0.05) is 18.2 Å². The van der Waals surface area contributed by atoms with Gasteiger partial charge in [0, 0.05) is 23.7 Å². The molecule has 0 bridgehead atoms. The summed E-state index contributed by atoms with van der Waals surface area (Å²) in [4.78, 5) is 28.6. The van der Waals surface area contributed by atoms with Gasteiger partial charge in [-0.2, -0.15) is 0 Å². The Hall–Kier alpha value is -3.75. The van der Waals surface area contributed by atoms with E-state index >= 15 is 0 Å². The molecule has 0 radical (unpaired) electrons. The van der Waals surface area contributed by atoms with Crippen molar-refractivity contribution in [3.05, 3.63) is 83.3 Å². The third-order valence-corrected chi connectivity index (χ3v) is 4.27. The van der Waals surface area contributed by atoms with Crippen molar-refractivity contribution in [1.82, 2.24) is 4.98 Å². The van der Waals surface area contributed by atoms with Crippen LogP contribution < -0.4 is 4.74 Å². The summed E-state index contributed by atoms with van der Waals surface area (Å²) in [5.74, 6) is -2.75. The van der Waals surface area contributed by atoms with Crippen LogP contribution in [0.2, 0.25) is 0 Å². The number of methoxy groups -OCH3 is 1. The minimum atomic E-state index is -5.01. The van der Waals surface area contributed by atoms with Gasteiger partial charge < -0.3 is 9.47 Å². The number of esters is 1. The first-order valence-electron chi connectivity index (χ1n) is 8.89. The van der Waals surface area contributed by atoms with Crippen LogP contribution in [-0.4, -0.2) is 30.2 Å². The fourth-order valence-corrected chi connectivity index (χ4v) is 2.83. The topological polar surface area (TPSA) is 65.5 Å². The third-order valence-electron chi connectivity index (χ3n) is 4.27. The Morgan fingerprint density at radius 2 is 1.77 bits per heavy atom. The first kappa shape index (κ1) is 21.9. The maximum absolute atomic E-state index is 13.9. The van der Waals surface area contributed by atoms with Crippen LogP contribution in [0.25, 0.3) is 11.3 Å². The molecule has 0 aliphatic heterocycles. The fraction of sp³-hybridized carbons (Fsp3) is 0.136. The molecule has 0 saturated heterocycles. The molecule has 0 N–H and O–H groups in total. The van der Waals surface area contributed by atoms with Gasteiger partial charge in [0.25, 0.3) is 0 Å². The number of hydrogen-bond donors (Lipinski definition) is 0. The van der Waals surface area contributed by atoms with Gasteiger partial charge in [-0.05, 0) is 42.0 Å². The summed E-state index contributed by atoms with van der Waals surface area (Å²) in [6.45, 7) is 0. The van der Waals surface area contributed by atoms with Crippen molar-refractivity contribution in [3.8, 4) is 17.0 Å². The van der Waals surface area contributed by atoms with Crippen molar-refractivity contribution in [2.24, 2.45) is 0 Å². The number of pyridine rings is 1. The Balaban J connectivity index is 1.81. The molecule has 0 spiro atoms. The van der Waals surface area contributed by atoms with E-state index < -0.39 is 35.2 Å². The minimum absolute atomic E-state index is 0.00638. The van der Waals surface area contributed by atoms with E-state index in [0.717, 1.165) is 25.3 Å². The van der Waals surface area contributed by atoms with Gasteiger partial charge in [0.15, 0.2) is 5.78 Å². The van der Waals surface area contributed by atoms with Crippen molar-refractivity contribution >= 4 is 11.8 Å². The highest BCUT2D eigenvalue weighted by Gasteiger charge is 2.33. The predicted octanol–water partition coefficient (Wildman–Crippen LogP) is 5.00. The number of halogens is 4. The smallest absolute Gasteiger partial charge is 0.465 e. The lowest BCUT2D eigenvalue weighted by molar-refractivity contribution is -0.274. The van der Waals surface area contributed by atoms with E-state index in [9.17, 15) is 27.2 Å². The predicted molar refractivity (Wildman–Crippen MR) is 102 cm³/mol. The molecule has 0 amide bonds. The van der Waals surface area contributed by atoms with Crippen LogP contribution in [0.4, 0.5) is 17.6 Å². The molecule has 0 atom stereocenters. The zero-order valence-electron chi connectivity index (χ0n) is 16.1.